The van der Waals surface area contributed by atoms with Crippen molar-refractivity contribution in [3.8, 4) is 17.0 Å². The first kappa shape index (κ1) is 11.3. The van der Waals surface area contributed by atoms with Gasteiger partial charge in [0.05, 0.1) is 19.0 Å². The average Bonchev–Trinajstić information content (AvgIpc) is 3.08. The molecule has 0 radical (unpaired) electrons. The number of nitrogens with zero attached hydrogens (tertiary/aromatic N) is 1. The maximum atomic E-state index is 5.81. The van der Waals surface area contributed by atoms with Crippen LogP contribution in [0, 0.1) is 0 Å². The Hall–Kier alpha value is -1.81. The Morgan fingerprint density at radius 1 is 1.33 bits per heavy atom. The Morgan fingerprint density at radius 2 is 2.06 bits per heavy atom. The molecule has 0 saturated heterocycles. The van der Waals surface area contributed by atoms with Crippen molar-refractivity contribution in [1.82, 2.24) is 9.97 Å². The summed E-state index contributed by atoms with van der Waals surface area (Å²) in [6.07, 6.45) is 4.16. The number of ether oxygens (including phenoxy) is 1. The second-order valence-corrected chi connectivity index (χ2v) is 4.86. The Labute approximate surface area is 106 Å². The minimum atomic E-state index is 0.116. The number of nitrogens with one attached hydrogen (secondary N) is 1. The molecule has 0 spiro atoms. The number of methoxy groups -OCH3 is 1. The molecular formula is C14H17N3O. The summed E-state index contributed by atoms with van der Waals surface area (Å²) in [5.74, 6) is 1.88. The number of nitrogens with two attached hydrogens (primary N) is 1. The highest BCUT2D eigenvalue weighted by molar-refractivity contribution is 5.59. The first-order valence-corrected chi connectivity index (χ1v) is 6.17. The van der Waals surface area contributed by atoms with Gasteiger partial charge in [0.1, 0.15) is 11.6 Å². The van der Waals surface area contributed by atoms with E-state index >= 15 is 0 Å². The summed E-state index contributed by atoms with van der Waals surface area (Å²) in [6, 6.07) is 7.95. The molecule has 1 aromatic carbocycles. The van der Waals surface area contributed by atoms with Crippen molar-refractivity contribution < 1.29 is 4.74 Å². The summed E-state index contributed by atoms with van der Waals surface area (Å²) in [4.78, 5) is 7.86. The average molecular weight is 243 g/mol. The van der Waals surface area contributed by atoms with E-state index in [-0.39, 0.29) is 5.41 Å². The second kappa shape index (κ2) is 4.14. The van der Waals surface area contributed by atoms with Gasteiger partial charge in [-0.05, 0) is 42.7 Å². The first-order valence-electron chi connectivity index (χ1n) is 6.17. The summed E-state index contributed by atoms with van der Waals surface area (Å²) in [7, 11) is 1.67. The Morgan fingerprint density at radius 3 is 2.61 bits per heavy atom. The standard InChI is InChI=1S/C14H17N3O/c1-18-11-4-2-10(3-5-11)12-8-16-13(17-12)14(9-15)6-7-14/h2-5,8H,6-7,9,15H2,1H3,(H,16,17). The zero-order valence-corrected chi connectivity index (χ0v) is 10.4. The fourth-order valence-electron chi connectivity index (χ4n) is 2.20. The molecule has 1 heterocycles. The molecule has 1 fully saturated rings. The molecule has 4 nitrogen and oxygen atoms in total. The Bertz CT molecular complexity index is 540. The molecular weight excluding hydrogens is 226 g/mol. The Kier molecular flexibility index (Phi) is 2.59. The maximum Gasteiger partial charge on any atom is 0.118 e. The molecule has 0 bridgehead atoms. The number of rotatable bonds is 4. The molecule has 4 heteroatoms. The maximum absolute atomic E-state index is 5.81. The lowest BCUT2D eigenvalue weighted by molar-refractivity contribution is 0.415. The van der Waals surface area contributed by atoms with Crippen molar-refractivity contribution in [2.75, 3.05) is 13.7 Å². The van der Waals surface area contributed by atoms with Gasteiger partial charge in [0.25, 0.3) is 0 Å². The molecule has 94 valence electrons. The van der Waals surface area contributed by atoms with Crippen molar-refractivity contribution in [1.29, 1.82) is 0 Å². The minimum Gasteiger partial charge on any atom is -0.497 e. The number of aromatic nitrogens is 2. The molecule has 1 saturated carbocycles. The van der Waals surface area contributed by atoms with Crippen LogP contribution >= 0.6 is 0 Å². The highest BCUT2D eigenvalue weighted by atomic mass is 16.5. The van der Waals surface area contributed by atoms with Crippen LogP contribution in [0.3, 0.4) is 0 Å². The van der Waals surface area contributed by atoms with Crippen LogP contribution < -0.4 is 10.5 Å². The van der Waals surface area contributed by atoms with Crippen molar-refractivity contribution in [3.63, 3.8) is 0 Å². The van der Waals surface area contributed by atoms with Crippen LogP contribution in [0.25, 0.3) is 11.3 Å². The van der Waals surface area contributed by atoms with Crippen LogP contribution in [0.2, 0.25) is 0 Å². The zero-order chi connectivity index (χ0) is 12.6. The molecule has 0 unspecified atom stereocenters. The van der Waals surface area contributed by atoms with Gasteiger partial charge in [-0.2, -0.15) is 0 Å². The predicted octanol–water partition coefficient (Wildman–Crippen LogP) is 2.08. The van der Waals surface area contributed by atoms with Crippen LogP contribution in [0.1, 0.15) is 18.7 Å². The van der Waals surface area contributed by atoms with Gasteiger partial charge in [-0.3, -0.25) is 0 Å². The Balaban J connectivity index is 1.88. The van der Waals surface area contributed by atoms with Crippen LogP contribution in [-0.4, -0.2) is 23.6 Å². The van der Waals surface area contributed by atoms with E-state index in [9.17, 15) is 0 Å². The molecule has 18 heavy (non-hydrogen) atoms. The van der Waals surface area contributed by atoms with Crippen LogP contribution in [0.15, 0.2) is 30.5 Å². The SMILES string of the molecule is COc1ccc(-c2cnc(C3(CN)CC3)[nH]2)cc1. The van der Waals surface area contributed by atoms with E-state index in [2.05, 4.69) is 9.97 Å². The van der Waals surface area contributed by atoms with E-state index in [0.29, 0.717) is 6.54 Å². The van der Waals surface area contributed by atoms with E-state index < -0.39 is 0 Å². The number of imidazole rings is 1. The highest BCUT2D eigenvalue weighted by Gasteiger charge is 2.45. The topological polar surface area (TPSA) is 63.9 Å². The van der Waals surface area contributed by atoms with Crippen LogP contribution in [0.4, 0.5) is 0 Å². The van der Waals surface area contributed by atoms with E-state index in [1.54, 1.807) is 7.11 Å². The van der Waals surface area contributed by atoms with E-state index in [1.165, 1.54) is 0 Å². The third kappa shape index (κ3) is 1.78. The summed E-state index contributed by atoms with van der Waals surface area (Å²) < 4.78 is 5.15. The molecule has 1 aliphatic rings. The molecule has 3 N–H and O–H groups in total. The summed E-state index contributed by atoms with van der Waals surface area (Å²) in [5.41, 5.74) is 8.07. The van der Waals surface area contributed by atoms with E-state index in [1.807, 2.05) is 30.5 Å². The molecule has 0 aliphatic heterocycles. The lowest BCUT2D eigenvalue weighted by atomic mass is 10.1. The predicted molar refractivity (Wildman–Crippen MR) is 70.5 cm³/mol. The minimum absolute atomic E-state index is 0.116. The van der Waals surface area contributed by atoms with Crippen LogP contribution in [-0.2, 0) is 5.41 Å². The normalized spacial score (nSPS) is 16.6. The lowest BCUT2D eigenvalue weighted by Gasteiger charge is -2.07. The summed E-state index contributed by atoms with van der Waals surface area (Å²) in [6.45, 7) is 0.669. The van der Waals surface area contributed by atoms with Gasteiger partial charge in [-0.25, -0.2) is 4.98 Å². The molecule has 1 aromatic heterocycles. The lowest BCUT2D eigenvalue weighted by Crippen LogP contribution is -2.21. The molecule has 0 atom stereocenters. The molecule has 1 aliphatic carbocycles. The quantitative estimate of drug-likeness (QED) is 0.864. The third-order valence-corrected chi connectivity index (χ3v) is 3.72. The van der Waals surface area contributed by atoms with E-state index in [0.717, 1.165) is 35.7 Å². The van der Waals surface area contributed by atoms with Gasteiger partial charge in [-0.1, -0.05) is 0 Å². The van der Waals surface area contributed by atoms with Gasteiger partial charge in [0.15, 0.2) is 0 Å². The highest BCUT2D eigenvalue weighted by Crippen LogP contribution is 2.46. The first-order chi connectivity index (χ1) is 8.77. The van der Waals surface area contributed by atoms with Gasteiger partial charge in [0.2, 0.25) is 0 Å². The molecule has 2 aromatic rings. The summed E-state index contributed by atoms with van der Waals surface area (Å²) in [5, 5.41) is 0. The van der Waals surface area contributed by atoms with Crippen molar-refractivity contribution in [2.45, 2.75) is 18.3 Å². The third-order valence-electron chi connectivity index (χ3n) is 3.72. The van der Waals surface area contributed by atoms with Gasteiger partial charge in [-0.15, -0.1) is 0 Å². The number of hydrogen-bond acceptors (Lipinski definition) is 3. The number of hydrogen-bond donors (Lipinski definition) is 2. The summed E-state index contributed by atoms with van der Waals surface area (Å²) >= 11 is 0. The van der Waals surface area contributed by atoms with Crippen molar-refractivity contribution in [3.05, 3.63) is 36.3 Å². The van der Waals surface area contributed by atoms with Gasteiger partial charge in [0, 0.05) is 12.0 Å². The fourth-order valence-corrected chi connectivity index (χ4v) is 2.20. The second-order valence-electron chi connectivity index (χ2n) is 4.86. The monoisotopic (exact) mass is 243 g/mol. The van der Waals surface area contributed by atoms with E-state index in [4.69, 9.17) is 10.5 Å². The molecule has 0 amide bonds. The largest absolute Gasteiger partial charge is 0.497 e. The smallest absolute Gasteiger partial charge is 0.118 e. The van der Waals surface area contributed by atoms with Gasteiger partial charge >= 0.3 is 0 Å². The molecule has 3 rings (SSSR count). The number of aromatic amines is 1. The number of H-pyrrole nitrogens is 1. The fraction of sp³-hybridized carbons (Fsp3) is 0.357. The van der Waals surface area contributed by atoms with Crippen molar-refractivity contribution in [2.24, 2.45) is 5.73 Å². The zero-order valence-electron chi connectivity index (χ0n) is 10.4. The van der Waals surface area contributed by atoms with Crippen LogP contribution in [0.5, 0.6) is 5.75 Å². The van der Waals surface area contributed by atoms with Gasteiger partial charge < -0.3 is 15.5 Å². The van der Waals surface area contributed by atoms with Crippen molar-refractivity contribution >= 4 is 0 Å². The number of benzene rings is 1.